The third-order valence-corrected chi connectivity index (χ3v) is 5.00. The van der Waals surface area contributed by atoms with E-state index in [0.717, 1.165) is 32.5 Å². The Morgan fingerprint density at radius 1 is 1.28 bits per heavy atom. The average molecular weight is 342 g/mol. The molecule has 1 amide bonds. The van der Waals surface area contributed by atoms with Crippen LogP contribution in [0.15, 0.2) is 34.9 Å². The summed E-state index contributed by atoms with van der Waals surface area (Å²) in [4.78, 5) is 20.6. The molecule has 1 fully saturated rings. The van der Waals surface area contributed by atoms with Gasteiger partial charge >= 0.3 is 0 Å². The molecule has 0 spiro atoms. The minimum absolute atomic E-state index is 0.121. The number of aromatic nitrogens is 2. The van der Waals surface area contributed by atoms with Gasteiger partial charge in [0.25, 0.3) is 11.7 Å². The van der Waals surface area contributed by atoms with Gasteiger partial charge in [-0.25, -0.2) is 0 Å². The molecule has 0 unspecified atom stereocenters. The van der Waals surface area contributed by atoms with Crippen LogP contribution in [0.5, 0.6) is 0 Å². The largest absolute Gasteiger partial charge is 0.339 e. The fourth-order valence-electron chi connectivity index (χ4n) is 3.45. The number of benzene rings is 1. The highest BCUT2D eigenvalue weighted by atomic mass is 16.5. The Bertz CT molecular complexity index is 705. The van der Waals surface area contributed by atoms with Crippen LogP contribution in [0.25, 0.3) is 0 Å². The summed E-state index contributed by atoms with van der Waals surface area (Å²) in [6.07, 6.45) is 2.14. The van der Waals surface area contributed by atoms with E-state index in [1.54, 1.807) is 11.8 Å². The number of amides is 1. The molecule has 134 valence electrons. The maximum Gasteiger partial charge on any atom is 0.295 e. The van der Waals surface area contributed by atoms with Gasteiger partial charge in [-0.1, -0.05) is 42.4 Å². The molecule has 0 radical (unpaired) electrons. The molecule has 6 nitrogen and oxygen atoms in total. The van der Waals surface area contributed by atoms with Crippen molar-refractivity contribution in [3.05, 3.63) is 47.6 Å². The summed E-state index contributed by atoms with van der Waals surface area (Å²) in [6, 6.07) is 10.6. The zero-order chi connectivity index (χ0) is 17.9. The predicted molar refractivity (Wildman–Crippen MR) is 95.1 cm³/mol. The molecule has 1 saturated heterocycles. The van der Waals surface area contributed by atoms with Gasteiger partial charge < -0.3 is 9.42 Å². The highest BCUT2D eigenvalue weighted by molar-refractivity contribution is 5.90. The minimum Gasteiger partial charge on any atom is -0.339 e. The van der Waals surface area contributed by atoms with E-state index in [1.807, 2.05) is 7.05 Å². The summed E-state index contributed by atoms with van der Waals surface area (Å²) >= 11 is 0. The van der Waals surface area contributed by atoms with Crippen molar-refractivity contribution >= 4 is 5.91 Å². The molecule has 1 aliphatic heterocycles. The first kappa shape index (κ1) is 17.6. The molecule has 1 aromatic carbocycles. The number of carbonyl (C=O) groups excluding carboxylic acids is 1. The van der Waals surface area contributed by atoms with Crippen LogP contribution >= 0.6 is 0 Å². The van der Waals surface area contributed by atoms with E-state index in [-0.39, 0.29) is 17.1 Å². The van der Waals surface area contributed by atoms with Gasteiger partial charge in [-0.15, -0.1) is 0 Å². The SMILES string of the molecule is Cc1nc(C(=O)N(C)CC2(C)CCN(Cc3ccccc3)CC2)no1. The Hall–Kier alpha value is -2.21. The number of likely N-dealkylation sites (tertiary alicyclic amines) is 1. The molecule has 1 aliphatic rings. The molecule has 2 heterocycles. The summed E-state index contributed by atoms with van der Waals surface area (Å²) < 4.78 is 4.91. The molecule has 25 heavy (non-hydrogen) atoms. The molecule has 0 saturated carbocycles. The Labute approximate surface area is 148 Å². The van der Waals surface area contributed by atoms with Crippen LogP contribution in [-0.2, 0) is 6.54 Å². The number of carbonyl (C=O) groups is 1. The van der Waals surface area contributed by atoms with Crippen LogP contribution in [-0.4, -0.2) is 52.5 Å². The summed E-state index contributed by atoms with van der Waals surface area (Å²) in [5, 5.41) is 3.73. The van der Waals surface area contributed by atoms with Gasteiger partial charge in [0.1, 0.15) is 0 Å². The lowest BCUT2D eigenvalue weighted by atomic mass is 9.80. The third kappa shape index (κ3) is 4.45. The molecule has 0 atom stereocenters. The molecule has 2 aromatic rings. The van der Waals surface area contributed by atoms with Crippen molar-refractivity contribution in [1.29, 1.82) is 0 Å². The fraction of sp³-hybridized carbons (Fsp3) is 0.526. The topological polar surface area (TPSA) is 62.5 Å². The van der Waals surface area contributed by atoms with Crippen molar-refractivity contribution in [2.24, 2.45) is 5.41 Å². The Balaban J connectivity index is 1.52. The van der Waals surface area contributed by atoms with E-state index in [1.165, 1.54) is 5.56 Å². The van der Waals surface area contributed by atoms with E-state index >= 15 is 0 Å². The Morgan fingerprint density at radius 3 is 2.56 bits per heavy atom. The standard InChI is InChI=1S/C19H26N4O2/c1-15-20-17(21-25-15)18(24)22(3)14-19(2)9-11-23(12-10-19)13-16-7-5-4-6-8-16/h4-8H,9-14H2,1-3H3. The van der Waals surface area contributed by atoms with E-state index in [2.05, 4.69) is 52.3 Å². The monoisotopic (exact) mass is 342 g/mol. The van der Waals surface area contributed by atoms with Crippen LogP contribution < -0.4 is 0 Å². The molecular formula is C19H26N4O2. The number of aryl methyl sites for hydroxylation is 1. The summed E-state index contributed by atoms with van der Waals surface area (Å²) in [6.45, 7) is 7.75. The summed E-state index contributed by atoms with van der Waals surface area (Å²) in [5.41, 5.74) is 1.47. The van der Waals surface area contributed by atoms with Crippen molar-refractivity contribution in [2.75, 3.05) is 26.7 Å². The van der Waals surface area contributed by atoms with Crippen LogP contribution in [0.1, 0.15) is 41.8 Å². The highest BCUT2D eigenvalue weighted by Gasteiger charge is 2.33. The second-order valence-electron chi connectivity index (χ2n) is 7.37. The van der Waals surface area contributed by atoms with Crippen LogP contribution in [0.2, 0.25) is 0 Å². The quantitative estimate of drug-likeness (QED) is 0.836. The Kier molecular flexibility index (Phi) is 5.18. The second-order valence-corrected chi connectivity index (χ2v) is 7.37. The molecular weight excluding hydrogens is 316 g/mol. The van der Waals surface area contributed by atoms with Crippen molar-refractivity contribution in [1.82, 2.24) is 19.9 Å². The van der Waals surface area contributed by atoms with Crippen LogP contribution in [0, 0.1) is 12.3 Å². The van der Waals surface area contributed by atoms with Crippen LogP contribution in [0.3, 0.4) is 0 Å². The number of nitrogens with zero attached hydrogens (tertiary/aromatic N) is 4. The minimum atomic E-state index is -0.176. The second kappa shape index (κ2) is 7.35. The number of hydrogen-bond acceptors (Lipinski definition) is 5. The van der Waals surface area contributed by atoms with Crippen LogP contribution in [0.4, 0.5) is 0 Å². The normalized spacial score (nSPS) is 17.4. The maximum absolute atomic E-state index is 12.4. The molecule has 0 N–H and O–H groups in total. The lowest BCUT2D eigenvalue weighted by molar-refractivity contribution is 0.0562. The molecule has 0 bridgehead atoms. The van der Waals surface area contributed by atoms with Gasteiger partial charge in [-0.05, 0) is 36.9 Å². The van der Waals surface area contributed by atoms with Crippen molar-refractivity contribution in [3.63, 3.8) is 0 Å². The van der Waals surface area contributed by atoms with E-state index in [0.29, 0.717) is 12.4 Å². The number of hydrogen-bond donors (Lipinski definition) is 0. The van der Waals surface area contributed by atoms with Gasteiger partial charge in [0.15, 0.2) is 0 Å². The third-order valence-electron chi connectivity index (χ3n) is 5.00. The van der Waals surface area contributed by atoms with Crippen molar-refractivity contribution < 1.29 is 9.32 Å². The maximum atomic E-state index is 12.4. The van der Waals surface area contributed by atoms with Gasteiger partial charge in [0.05, 0.1) is 0 Å². The van der Waals surface area contributed by atoms with E-state index < -0.39 is 0 Å². The number of piperidine rings is 1. The van der Waals surface area contributed by atoms with Crippen molar-refractivity contribution in [2.45, 2.75) is 33.2 Å². The van der Waals surface area contributed by atoms with Gasteiger partial charge in [0, 0.05) is 27.1 Å². The number of rotatable bonds is 5. The predicted octanol–water partition coefficient (Wildman–Crippen LogP) is 2.75. The zero-order valence-electron chi connectivity index (χ0n) is 15.2. The zero-order valence-corrected chi connectivity index (χ0v) is 15.2. The summed E-state index contributed by atoms with van der Waals surface area (Å²) in [7, 11) is 1.82. The highest BCUT2D eigenvalue weighted by Crippen LogP contribution is 2.32. The lowest BCUT2D eigenvalue weighted by Crippen LogP contribution is -2.45. The van der Waals surface area contributed by atoms with Gasteiger partial charge in [-0.3, -0.25) is 9.69 Å². The fourth-order valence-corrected chi connectivity index (χ4v) is 3.45. The van der Waals surface area contributed by atoms with Gasteiger partial charge in [0.2, 0.25) is 5.89 Å². The van der Waals surface area contributed by atoms with E-state index in [9.17, 15) is 4.79 Å². The van der Waals surface area contributed by atoms with E-state index in [4.69, 9.17) is 4.52 Å². The Morgan fingerprint density at radius 2 is 1.96 bits per heavy atom. The lowest BCUT2D eigenvalue weighted by Gasteiger charge is -2.41. The first-order valence-electron chi connectivity index (χ1n) is 8.77. The smallest absolute Gasteiger partial charge is 0.295 e. The molecule has 0 aliphatic carbocycles. The first-order chi connectivity index (χ1) is 12.0. The van der Waals surface area contributed by atoms with Gasteiger partial charge in [-0.2, -0.15) is 4.98 Å². The average Bonchev–Trinajstić information content (AvgIpc) is 3.04. The first-order valence-corrected chi connectivity index (χ1v) is 8.77. The molecule has 6 heteroatoms. The molecule has 1 aromatic heterocycles. The molecule has 3 rings (SSSR count). The summed E-state index contributed by atoms with van der Waals surface area (Å²) in [5.74, 6) is 0.382. The van der Waals surface area contributed by atoms with Crippen molar-refractivity contribution in [3.8, 4) is 0 Å².